The standard InChI is InChI=1S/C5H9BrO2.C3H7BrO/c1-4(6)3-8-5(2)7;1-3(4)2-5/h4H,3H2,1-2H3;3,5H,2H2,1H3. The van der Waals surface area contributed by atoms with Crippen molar-refractivity contribution in [3.05, 3.63) is 0 Å². The third-order valence-corrected chi connectivity index (χ3v) is 1.32. The molecule has 0 fully saturated rings. The van der Waals surface area contributed by atoms with Crippen LogP contribution in [0.25, 0.3) is 0 Å². The fraction of sp³-hybridized carbons (Fsp3) is 0.875. The van der Waals surface area contributed by atoms with E-state index >= 15 is 0 Å². The molecule has 0 radical (unpaired) electrons. The molecule has 0 saturated carbocycles. The van der Waals surface area contributed by atoms with E-state index in [4.69, 9.17) is 5.11 Å². The third kappa shape index (κ3) is 24.5. The van der Waals surface area contributed by atoms with Gasteiger partial charge in [0.15, 0.2) is 0 Å². The summed E-state index contributed by atoms with van der Waals surface area (Å²) in [6.45, 7) is 5.88. The minimum atomic E-state index is -0.226. The van der Waals surface area contributed by atoms with Gasteiger partial charge in [0.05, 0.1) is 6.61 Å². The fourth-order valence-corrected chi connectivity index (χ4v) is 0.364. The van der Waals surface area contributed by atoms with Crippen LogP contribution in [0.2, 0.25) is 0 Å². The highest BCUT2D eigenvalue weighted by Gasteiger charge is 1.96. The molecule has 0 aliphatic carbocycles. The van der Waals surface area contributed by atoms with Gasteiger partial charge < -0.3 is 9.84 Å². The molecule has 0 aromatic heterocycles. The van der Waals surface area contributed by atoms with Gasteiger partial charge in [-0.05, 0) is 6.92 Å². The molecule has 0 rings (SSSR count). The molecule has 3 nitrogen and oxygen atoms in total. The molecule has 80 valence electrons. The van der Waals surface area contributed by atoms with Crippen LogP contribution in [0, 0.1) is 0 Å². The van der Waals surface area contributed by atoms with Gasteiger partial charge in [-0.3, -0.25) is 4.79 Å². The van der Waals surface area contributed by atoms with Crippen LogP contribution in [-0.4, -0.2) is 33.9 Å². The number of carbonyl (C=O) groups excluding carboxylic acids is 1. The Morgan fingerprint density at radius 3 is 1.85 bits per heavy atom. The molecule has 0 aromatic carbocycles. The first-order valence-corrected chi connectivity index (χ1v) is 5.75. The van der Waals surface area contributed by atoms with Crippen molar-refractivity contribution in [2.75, 3.05) is 13.2 Å². The summed E-state index contributed by atoms with van der Waals surface area (Å²) >= 11 is 6.35. The lowest BCUT2D eigenvalue weighted by atomic mass is 10.5. The molecule has 0 heterocycles. The van der Waals surface area contributed by atoms with E-state index in [1.54, 1.807) is 0 Å². The second-order valence-electron chi connectivity index (χ2n) is 2.55. The first-order valence-electron chi connectivity index (χ1n) is 3.92. The van der Waals surface area contributed by atoms with Crippen LogP contribution in [0.5, 0.6) is 0 Å². The molecule has 0 aliphatic rings. The smallest absolute Gasteiger partial charge is 0.302 e. The summed E-state index contributed by atoms with van der Waals surface area (Å²) in [6.07, 6.45) is 0. The van der Waals surface area contributed by atoms with E-state index in [9.17, 15) is 4.79 Å². The van der Waals surface area contributed by atoms with Crippen molar-refractivity contribution in [1.29, 1.82) is 0 Å². The summed E-state index contributed by atoms with van der Waals surface area (Å²) < 4.78 is 4.62. The van der Waals surface area contributed by atoms with Crippen LogP contribution >= 0.6 is 31.9 Å². The number of aliphatic hydroxyl groups is 1. The van der Waals surface area contributed by atoms with Crippen molar-refractivity contribution in [1.82, 2.24) is 0 Å². The average Bonchev–Trinajstić information content (AvgIpc) is 2.02. The highest BCUT2D eigenvalue weighted by Crippen LogP contribution is 1.96. The summed E-state index contributed by atoms with van der Waals surface area (Å²) in [6, 6.07) is 0. The van der Waals surface area contributed by atoms with Gasteiger partial charge in [-0.25, -0.2) is 0 Å². The quantitative estimate of drug-likeness (QED) is 0.640. The van der Waals surface area contributed by atoms with E-state index in [1.165, 1.54) is 6.92 Å². The van der Waals surface area contributed by atoms with Crippen LogP contribution in [0.1, 0.15) is 20.8 Å². The Balaban J connectivity index is 0. The van der Waals surface area contributed by atoms with Crippen LogP contribution < -0.4 is 0 Å². The topological polar surface area (TPSA) is 46.5 Å². The molecule has 1 N–H and O–H groups in total. The minimum absolute atomic E-state index is 0.222. The second-order valence-corrected chi connectivity index (χ2v) is 5.67. The Morgan fingerprint density at radius 2 is 1.77 bits per heavy atom. The van der Waals surface area contributed by atoms with Gasteiger partial charge in [0.2, 0.25) is 0 Å². The van der Waals surface area contributed by atoms with E-state index in [0.29, 0.717) is 6.61 Å². The largest absolute Gasteiger partial charge is 0.465 e. The number of alkyl halides is 2. The summed E-state index contributed by atoms with van der Waals surface area (Å²) in [7, 11) is 0. The van der Waals surface area contributed by atoms with Gasteiger partial charge in [-0.15, -0.1) is 0 Å². The van der Waals surface area contributed by atoms with E-state index in [2.05, 4.69) is 36.6 Å². The molecule has 0 spiro atoms. The Morgan fingerprint density at radius 1 is 1.38 bits per heavy atom. The molecule has 0 amide bonds. The number of rotatable bonds is 3. The van der Waals surface area contributed by atoms with E-state index in [-0.39, 0.29) is 22.2 Å². The number of hydrogen-bond donors (Lipinski definition) is 1. The van der Waals surface area contributed by atoms with Crippen molar-refractivity contribution < 1.29 is 14.6 Å². The van der Waals surface area contributed by atoms with Crippen molar-refractivity contribution >= 4 is 37.8 Å². The zero-order chi connectivity index (χ0) is 10.9. The molecule has 0 aromatic rings. The van der Waals surface area contributed by atoms with Gasteiger partial charge in [-0.1, -0.05) is 38.8 Å². The van der Waals surface area contributed by atoms with Gasteiger partial charge in [0.25, 0.3) is 0 Å². The van der Waals surface area contributed by atoms with Gasteiger partial charge in [0.1, 0.15) is 6.61 Å². The molecule has 2 unspecified atom stereocenters. The summed E-state index contributed by atoms with van der Waals surface area (Å²) in [5, 5.41) is 8.10. The SMILES string of the molecule is CC(=O)OCC(C)Br.CC(Br)CO. The van der Waals surface area contributed by atoms with Gasteiger partial charge >= 0.3 is 5.97 Å². The zero-order valence-electron chi connectivity index (χ0n) is 8.09. The number of carbonyl (C=O) groups is 1. The Labute approximate surface area is 96.1 Å². The summed E-state index contributed by atoms with van der Waals surface area (Å²) in [5.74, 6) is -0.226. The lowest BCUT2D eigenvalue weighted by Gasteiger charge is -2.00. The molecule has 0 aliphatic heterocycles. The monoisotopic (exact) mass is 318 g/mol. The summed E-state index contributed by atoms with van der Waals surface area (Å²) in [5.41, 5.74) is 0. The van der Waals surface area contributed by atoms with Gasteiger partial charge in [0, 0.05) is 16.6 Å². The molecular formula is C8H16Br2O3. The van der Waals surface area contributed by atoms with Crippen LogP contribution in [0.3, 0.4) is 0 Å². The van der Waals surface area contributed by atoms with Crippen LogP contribution in [0.4, 0.5) is 0 Å². The van der Waals surface area contributed by atoms with Gasteiger partial charge in [-0.2, -0.15) is 0 Å². The maximum Gasteiger partial charge on any atom is 0.302 e. The normalized spacial score (nSPS) is 13.7. The predicted octanol–water partition coefficient (Wildman–Crippen LogP) is 2.10. The minimum Gasteiger partial charge on any atom is -0.465 e. The van der Waals surface area contributed by atoms with Crippen molar-refractivity contribution in [3.63, 3.8) is 0 Å². The predicted molar refractivity (Wildman–Crippen MR) is 60.5 cm³/mol. The van der Waals surface area contributed by atoms with Crippen molar-refractivity contribution in [2.45, 2.75) is 30.4 Å². The fourth-order valence-electron chi connectivity index (χ4n) is 0.232. The molecule has 0 bridgehead atoms. The Hall–Kier alpha value is 0.390. The van der Waals surface area contributed by atoms with E-state index < -0.39 is 0 Å². The zero-order valence-corrected chi connectivity index (χ0v) is 11.3. The molecule has 13 heavy (non-hydrogen) atoms. The van der Waals surface area contributed by atoms with Crippen LogP contribution in [0.15, 0.2) is 0 Å². The highest BCUT2D eigenvalue weighted by molar-refractivity contribution is 9.09. The number of esters is 1. The summed E-state index contributed by atoms with van der Waals surface area (Å²) in [4.78, 5) is 10.6. The number of aliphatic hydroxyl groups excluding tert-OH is 1. The molecule has 0 saturated heterocycles. The highest BCUT2D eigenvalue weighted by atomic mass is 79.9. The van der Waals surface area contributed by atoms with E-state index in [1.807, 2.05) is 13.8 Å². The number of hydrogen-bond acceptors (Lipinski definition) is 3. The number of ether oxygens (including phenoxy) is 1. The van der Waals surface area contributed by atoms with Crippen molar-refractivity contribution in [2.24, 2.45) is 0 Å². The first kappa shape index (κ1) is 15.8. The first-order chi connectivity index (χ1) is 5.90. The maximum atomic E-state index is 10.1. The Kier molecular flexibility index (Phi) is 12.8. The maximum absolute atomic E-state index is 10.1. The lowest BCUT2D eigenvalue weighted by molar-refractivity contribution is -0.140. The van der Waals surface area contributed by atoms with Crippen LogP contribution in [-0.2, 0) is 9.53 Å². The third-order valence-electron chi connectivity index (χ3n) is 0.768. The molecule has 5 heteroatoms. The van der Waals surface area contributed by atoms with E-state index in [0.717, 1.165) is 0 Å². The second kappa shape index (κ2) is 10.5. The van der Waals surface area contributed by atoms with Crippen molar-refractivity contribution in [3.8, 4) is 0 Å². The molecular weight excluding hydrogens is 304 g/mol. The Bertz CT molecular complexity index is 127. The lowest BCUT2D eigenvalue weighted by Crippen LogP contribution is -2.07. The average molecular weight is 320 g/mol. The molecule has 2 atom stereocenters. The number of halogens is 2.